The number of aliphatic hydroxyl groups excluding tert-OH is 4. The summed E-state index contributed by atoms with van der Waals surface area (Å²) < 4.78 is 0. The lowest BCUT2D eigenvalue weighted by molar-refractivity contribution is -0.232. The predicted octanol–water partition coefficient (Wildman–Crippen LogP) is -0.826. The minimum atomic E-state index is -1.41. The molecule has 0 aliphatic carbocycles. The van der Waals surface area contributed by atoms with E-state index in [-0.39, 0.29) is 10.8 Å². The summed E-state index contributed by atoms with van der Waals surface area (Å²) in [5, 5.41) is 39.6. The summed E-state index contributed by atoms with van der Waals surface area (Å²) >= 11 is 0. The number of aliphatic hydroxyl groups is 4. The lowest BCUT2D eigenvalue weighted by Gasteiger charge is -2.67. The maximum absolute atomic E-state index is 13.3. The number of rotatable bonds is 8. The van der Waals surface area contributed by atoms with Gasteiger partial charge in [0.05, 0.1) is 23.6 Å². The Bertz CT molecular complexity index is 470. The third-order valence-electron chi connectivity index (χ3n) is 6.43. The third-order valence-corrected chi connectivity index (χ3v) is 6.43. The van der Waals surface area contributed by atoms with Gasteiger partial charge in [-0.25, -0.2) is 0 Å². The molecule has 4 aliphatic rings. The van der Waals surface area contributed by atoms with Crippen LogP contribution >= 0.6 is 0 Å². The Morgan fingerprint density at radius 1 is 1.00 bits per heavy atom. The normalized spacial score (nSPS) is 43.3. The Hall–Kier alpha value is -0.570. The monoisotopic (exact) mass is 356 g/mol. The second-order valence-electron chi connectivity index (χ2n) is 8.34. The summed E-state index contributed by atoms with van der Waals surface area (Å²) in [5.74, 6) is 0.389. The molecule has 0 spiro atoms. The molecule has 4 rings (SSSR count). The van der Waals surface area contributed by atoms with Crippen molar-refractivity contribution in [3.05, 3.63) is 0 Å². The zero-order valence-corrected chi connectivity index (χ0v) is 15.3. The van der Waals surface area contributed by atoms with Crippen LogP contribution in [0, 0.1) is 10.8 Å². The minimum absolute atomic E-state index is 0.378. The number of hydrogen-bond donors (Lipinski definition) is 4. The van der Waals surface area contributed by atoms with Gasteiger partial charge in [-0.15, -0.1) is 0 Å². The highest BCUT2D eigenvalue weighted by atomic mass is 16.4. The fraction of sp³-hybridized carbons (Fsp3) is 0.944. The van der Waals surface area contributed by atoms with Crippen LogP contribution in [0.25, 0.3) is 0 Å². The van der Waals surface area contributed by atoms with Crippen LogP contribution in [0.3, 0.4) is 0 Å². The molecular formula is C18H32N2O5. The summed E-state index contributed by atoms with van der Waals surface area (Å²) in [6.07, 6.45) is -0.820. The Labute approximate surface area is 149 Å². The minimum Gasteiger partial charge on any atom is -0.394 e. The SMILES string of the molecule is CCCC12CN3CC(CCC)(CN(C1)C3[C@H](O)[C@@H](O)[C@H](O)CO)C2=O. The van der Waals surface area contributed by atoms with Gasteiger partial charge in [-0.2, -0.15) is 0 Å². The van der Waals surface area contributed by atoms with E-state index in [4.69, 9.17) is 5.11 Å². The van der Waals surface area contributed by atoms with Crippen LogP contribution in [-0.4, -0.2) is 93.3 Å². The van der Waals surface area contributed by atoms with Gasteiger partial charge in [-0.3, -0.25) is 14.6 Å². The number of piperidine rings is 2. The number of carbonyl (C=O) groups excluding carboxylic acids is 1. The highest BCUT2D eigenvalue weighted by Crippen LogP contribution is 2.52. The van der Waals surface area contributed by atoms with Gasteiger partial charge in [0, 0.05) is 26.2 Å². The van der Waals surface area contributed by atoms with Crippen LogP contribution in [-0.2, 0) is 4.79 Å². The Morgan fingerprint density at radius 3 is 1.80 bits per heavy atom. The van der Waals surface area contributed by atoms with E-state index >= 15 is 0 Å². The summed E-state index contributed by atoms with van der Waals surface area (Å²) in [6, 6.07) is 0. The number of ketones is 1. The Kier molecular flexibility index (Phi) is 5.27. The molecule has 0 amide bonds. The van der Waals surface area contributed by atoms with Crippen LogP contribution in [0.15, 0.2) is 0 Å². The van der Waals surface area contributed by atoms with Crippen molar-refractivity contribution in [1.29, 1.82) is 0 Å². The highest BCUT2D eigenvalue weighted by Gasteiger charge is 2.65. The molecule has 4 fully saturated rings. The molecule has 4 heterocycles. The Morgan fingerprint density at radius 2 is 1.44 bits per heavy atom. The van der Waals surface area contributed by atoms with Gasteiger partial charge >= 0.3 is 0 Å². The van der Waals surface area contributed by atoms with Crippen LogP contribution in [0.5, 0.6) is 0 Å². The maximum atomic E-state index is 13.3. The molecule has 0 aromatic carbocycles. The summed E-state index contributed by atoms with van der Waals surface area (Å²) in [6.45, 7) is 6.00. The van der Waals surface area contributed by atoms with Gasteiger partial charge < -0.3 is 20.4 Å². The van der Waals surface area contributed by atoms with Gasteiger partial charge in [0.25, 0.3) is 0 Å². The average molecular weight is 356 g/mol. The largest absolute Gasteiger partial charge is 0.394 e. The standard InChI is InChI=1S/C18H32N2O5/c1-3-5-17-8-19-10-18(6-4-2,16(17)25)11-20(9-17)15(19)14(24)13(23)12(22)7-21/h12-15,21-24H,3-11H2,1-2H3/t12-,13+,14-,15?,17?,18?/m1/s1. The van der Waals surface area contributed by atoms with Crippen molar-refractivity contribution in [2.45, 2.75) is 64.0 Å². The van der Waals surface area contributed by atoms with E-state index in [1.54, 1.807) is 0 Å². The lowest BCUT2D eigenvalue weighted by atomic mass is 9.57. The van der Waals surface area contributed by atoms with E-state index in [0.29, 0.717) is 32.0 Å². The van der Waals surface area contributed by atoms with Crippen molar-refractivity contribution in [3.8, 4) is 0 Å². The van der Waals surface area contributed by atoms with Crippen molar-refractivity contribution in [3.63, 3.8) is 0 Å². The molecule has 0 radical (unpaired) electrons. The smallest absolute Gasteiger partial charge is 0.150 e. The molecule has 7 heteroatoms. The van der Waals surface area contributed by atoms with Crippen molar-refractivity contribution < 1.29 is 25.2 Å². The van der Waals surface area contributed by atoms with Crippen molar-refractivity contribution in [1.82, 2.24) is 9.80 Å². The second-order valence-corrected chi connectivity index (χ2v) is 8.34. The molecule has 0 unspecified atom stereocenters. The molecular weight excluding hydrogens is 324 g/mol. The summed E-state index contributed by atoms with van der Waals surface area (Å²) in [7, 11) is 0. The number of carbonyl (C=O) groups is 1. The zero-order valence-electron chi connectivity index (χ0n) is 15.3. The molecule has 25 heavy (non-hydrogen) atoms. The van der Waals surface area contributed by atoms with Gasteiger partial charge in [0.15, 0.2) is 0 Å². The van der Waals surface area contributed by atoms with E-state index in [1.165, 1.54) is 0 Å². The van der Waals surface area contributed by atoms with Gasteiger partial charge in [-0.05, 0) is 12.8 Å². The molecule has 0 aromatic heterocycles. The van der Waals surface area contributed by atoms with Crippen molar-refractivity contribution >= 4 is 5.78 Å². The average Bonchev–Trinajstić information content (AvgIpc) is 2.57. The van der Waals surface area contributed by atoms with E-state index < -0.39 is 31.1 Å². The van der Waals surface area contributed by atoms with E-state index in [1.807, 2.05) is 0 Å². The number of hydrogen-bond acceptors (Lipinski definition) is 7. The first-order valence-corrected chi connectivity index (χ1v) is 9.52. The second kappa shape index (κ2) is 6.87. The van der Waals surface area contributed by atoms with E-state index in [9.17, 15) is 20.1 Å². The first kappa shape index (κ1) is 19.2. The molecule has 4 bridgehead atoms. The van der Waals surface area contributed by atoms with Crippen molar-refractivity contribution in [2.75, 3.05) is 32.8 Å². The topological polar surface area (TPSA) is 104 Å². The van der Waals surface area contributed by atoms with Gasteiger partial charge in [0.1, 0.15) is 24.1 Å². The fourth-order valence-corrected chi connectivity index (χ4v) is 5.67. The molecule has 3 atom stereocenters. The van der Waals surface area contributed by atoms with Crippen LogP contribution in [0.4, 0.5) is 0 Å². The number of nitrogens with zero attached hydrogens (tertiary/aromatic N) is 2. The van der Waals surface area contributed by atoms with Crippen LogP contribution in [0.2, 0.25) is 0 Å². The Balaban J connectivity index is 1.89. The quantitative estimate of drug-likeness (QED) is 0.450. The van der Waals surface area contributed by atoms with E-state index in [2.05, 4.69) is 23.6 Å². The first-order valence-electron chi connectivity index (χ1n) is 9.52. The molecule has 4 saturated heterocycles. The molecule has 0 saturated carbocycles. The van der Waals surface area contributed by atoms with Gasteiger partial charge in [0.2, 0.25) is 0 Å². The first-order chi connectivity index (χ1) is 11.8. The van der Waals surface area contributed by atoms with Gasteiger partial charge in [-0.1, -0.05) is 26.7 Å². The van der Waals surface area contributed by atoms with Crippen LogP contribution in [0.1, 0.15) is 39.5 Å². The lowest BCUT2D eigenvalue weighted by Crippen LogP contribution is -2.81. The number of Topliss-reactive ketones (excluding diaryl/α,β-unsaturated/α-hetero) is 1. The summed E-state index contributed by atoms with van der Waals surface area (Å²) in [4.78, 5) is 17.6. The molecule has 7 nitrogen and oxygen atoms in total. The highest BCUT2D eigenvalue weighted by molar-refractivity contribution is 5.93. The molecule has 4 N–H and O–H groups in total. The molecule has 4 aliphatic heterocycles. The molecule has 0 aromatic rings. The fourth-order valence-electron chi connectivity index (χ4n) is 5.67. The maximum Gasteiger partial charge on any atom is 0.150 e. The summed E-state index contributed by atoms with van der Waals surface area (Å²) in [5.41, 5.74) is -0.756. The predicted molar refractivity (Wildman–Crippen MR) is 91.7 cm³/mol. The molecule has 144 valence electrons. The van der Waals surface area contributed by atoms with Crippen molar-refractivity contribution in [2.24, 2.45) is 10.8 Å². The van der Waals surface area contributed by atoms with E-state index in [0.717, 1.165) is 25.7 Å². The van der Waals surface area contributed by atoms with Crippen LogP contribution < -0.4 is 0 Å². The zero-order chi connectivity index (χ0) is 18.4. The third kappa shape index (κ3) is 2.85.